The Labute approximate surface area is 129 Å². The van der Waals surface area contributed by atoms with Crippen LogP contribution in [-0.2, 0) is 4.79 Å². The molecule has 1 heterocycles. The van der Waals surface area contributed by atoms with Gasteiger partial charge in [-0.2, -0.15) is 0 Å². The number of amides is 1. The fourth-order valence-corrected chi connectivity index (χ4v) is 2.19. The van der Waals surface area contributed by atoms with Gasteiger partial charge in [0.15, 0.2) is 0 Å². The van der Waals surface area contributed by atoms with Gasteiger partial charge in [-0.3, -0.25) is 9.78 Å². The molecule has 0 aliphatic rings. The van der Waals surface area contributed by atoms with Crippen LogP contribution in [0.1, 0.15) is 11.1 Å². The van der Waals surface area contributed by atoms with Crippen LogP contribution in [0.15, 0.2) is 66.9 Å². The topological polar surface area (TPSA) is 42.0 Å². The fourth-order valence-electron chi connectivity index (χ4n) is 2.19. The van der Waals surface area contributed by atoms with Crippen molar-refractivity contribution in [2.24, 2.45) is 0 Å². The summed E-state index contributed by atoms with van der Waals surface area (Å²) in [7, 11) is 0. The molecule has 2 aromatic carbocycles. The standard InChI is InChI=1S/C19H16N2O/c1-14-4-6-15(7-5-14)8-11-19(22)21-17-9-10-18-16(13-17)3-2-12-20-18/h2-13H,1H3,(H,21,22)/b11-8+. The van der Waals surface area contributed by atoms with E-state index in [0.29, 0.717) is 0 Å². The van der Waals surface area contributed by atoms with E-state index < -0.39 is 0 Å². The van der Waals surface area contributed by atoms with Gasteiger partial charge in [-0.25, -0.2) is 0 Å². The first kappa shape index (κ1) is 14.0. The number of anilines is 1. The van der Waals surface area contributed by atoms with Crippen LogP contribution in [0.5, 0.6) is 0 Å². The first-order valence-corrected chi connectivity index (χ1v) is 7.11. The predicted molar refractivity (Wildman–Crippen MR) is 90.6 cm³/mol. The first-order valence-electron chi connectivity index (χ1n) is 7.11. The van der Waals surface area contributed by atoms with E-state index in [-0.39, 0.29) is 5.91 Å². The van der Waals surface area contributed by atoms with Gasteiger partial charge in [0.2, 0.25) is 5.91 Å². The zero-order chi connectivity index (χ0) is 15.4. The second-order valence-corrected chi connectivity index (χ2v) is 5.14. The predicted octanol–water partition coefficient (Wildman–Crippen LogP) is 4.20. The maximum absolute atomic E-state index is 12.0. The third-order valence-electron chi connectivity index (χ3n) is 3.38. The Balaban J connectivity index is 1.71. The molecule has 0 spiro atoms. The molecule has 0 aliphatic heterocycles. The lowest BCUT2D eigenvalue weighted by Crippen LogP contribution is -2.07. The van der Waals surface area contributed by atoms with Crippen LogP contribution in [0.3, 0.4) is 0 Å². The van der Waals surface area contributed by atoms with E-state index in [0.717, 1.165) is 22.2 Å². The van der Waals surface area contributed by atoms with Crippen molar-refractivity contribution in [3.05, 3.63) is 78.0 Å². The molecule has 1 N–H and O–H groups in total. The van der Waals surface area contributed by atoms with Crippen LogP contribution in [0.25, 0.3) is 17.0 Å². The summed E-state index contributed by atoms with van der Waals surface area (Å²) in [6, 6.07) is 17.5. The van der Waals surface area contributed by atoms with E-state index >= 15 is 0 Å². The lowest BCUT2D eigenvalue weighted by molar-refractivity contribution is -0.111. The van der Waals surface area contributed by atoms with Crippen molar-refractivity contribution in [1.82, 2.24) is 4.98 Å². The highest BCUT2D eigenvalue weighted by atomic mass is 16.1. The van der Waals surface area contributed by atoms with Gasteiger partial charge in [-0.1, -0.05) is 35.9 Å². The summed E-state index contributed by atoms with van der Waals surface area (Å²) in [5, 5.41) is 3.86. The van der Waals surface area contributed by atoms with Crippen molar-refractivity contribution >= 4 is 28.6 Å². The number of aromatic nitrogens is 1. The lowest BCUT2D eigenvalue weighted by atomic mass is 10.1. The van der Waals surface area contributed by atoms with Gasteiger partial charge >= 0.3 is 0 Å². The highest BCUT2D eigenvalue weighted by Crippen LogP contribution is 2.17. The molecule has 3 heteroatoms. The van der Waals surface area contributed by atoms with E-state index in [4.69, 9.17) is 0 Å². The van der Waals surface area contributed by atoms with E-state index in [2.05, 4.69) is 10.3 Å². The number of fused-ring (bicyclic) bond motifs is 1. The molecule has 3 nitrogen and oxygen atoms in total. The SMILES string of the molecule is Cc1ccc(/C=C/C(=O)Nc2ccc3ncccc3c2)cc1. The van der Waals surface area contributed by atoms with Crippen LogP contribution in [0.2, 0.25) is 0 Å². The normalized spacial score (nSPS) is 11.0. The summed E-state index contributed by atoms with van der Waals surface area (Å²) in [6.07, 6.45) is 5.10. The molecule has 1 amide bonds. The average Bonchev–Trinajstić information content (AvgIpc) is 2.54. The molecule has 0 bridgehead atoms. The summed E-state index contributed by atoms with van der Waals surface area (Å²) in [5.41, 5.74) is 3.88. The molecule has 0 fully saturated rings. The summed E-state index contributed by atoms with van der Waals surface area (Å²) in [5.74, 6) is -0.149. The van der Waals surface area contributed by atoms with Gasteiger partial charge in [0, 0.05) is 23.3 Å². The smallest absolute Gasteiger partial charge is 0.248 e. The Morgan fingerprint density at radius 2 is 1.91 bits per heavy atom. The minimum Gasteiger partial charge on any atom is -0.322 e. The van der Waals surface area contributed by atoms with Crippen molar-refractivity contribution in [1.29, 1.82) is 0 Å². The summed E-state index contributed by atoms with van der Waals surface area (Å²) < 4.78 is 0. The van der Waals surface area contributed by atoms with Crippen LogP contribution < -0.4 is 5.32 Å². The van der Waals surface area contributed by atoms with Crippen molar-refractivity contribution in [2.45, 2.75) is 6.92 Å². The Morgan fingerprint density at radius 1 is 1.09 bits per heavy atom. The van der Waals surface area contributed by atoms with Crippen molar-refractivity contribution < 1.29 is 4.79 Å². The van der Waals surface area contributed by atoms with E-state index in [9.17, 15) is 4.79 Å². The van der Waals surface area contributed by atoms with Crippen molar-refractivity contribution in [3.63, 3.8) is 0 Å². The number of benzene rings is 2. The number of carbonyl (C=O) groups is 1. The van der Waals surface area contributed by atoms with E-state index in [1.807, 2.05) is 61.5 Å². The number of hydrogen-bond donors (Lipinski definition) is 1. The zero-order valence-electron chi connectivity index (χ0n) is 12.3. The van der Waals surface area contributed by atoms with E-state index in [1.54, 1.807) is 12.3 Å². The monoisotopic (exact) mass is 288 g/mol. The lowest BCUT2D eigenvalue weighted by Gasteiger charge is -2.03. The van der Waals surface area contributed by atoms with Crippen molar-refractivity contribution in [3.8, 4) is 0 Å². The molecule has 3 aromatic rings. The third kappa shape index (κ3) is 3.38. The Morgan fingerprint density at radius 3 is 2.73 bits per heavy atom. The molecule has 3 rings (SSSR count). The Hall–Kier alpha value is -2.94. The van der Waals surface area contributed by atoms with Crippen molar-refractivity contribution in [2.75, 3.05) is 5.32 Å². The number of rotatable bonds is 3. The van der Waals surface area contributed by atoms with Gasteiger partial charge in [0.25, 0.3) is 0 Å². The molecule has 1 aromatic heterocycles. The molecular formula is C19H16N2O. The summed E-state index contributed by atoms with van der Waals surface area (Å²) in [4.78, 5) is 16.2. The van der Waals surface area contributed by atoms with Gasteiger partial charge < -0.3 is 5.32 Å². The Bertz CT molecular complexity index is 835. The minimum absolute atomic E-state index is 0.149. The molecule has 0 unspecified atom stereocenters. The fraction of sp³-hybridized carbons (Fsp3) is 0.0526. The van der Waals surface area contributed by atoms with Gasteiger partial charge in [-0.15, -0.1) is 0 Å². The Kier molecular flexibility index (Phi) is 3.97. The molecule has 0 radical (unpaired) electrons. The van der Waals surface area contributed by atoms with Gasteiger partial charge in [0.05, 0.1) is 5.52 Å². The van der Waals surface area contributed by atoms with Crippen LogP contribution in [0.4, 0.5) is 5.69 Å². The summed E-state index contributed by atoms with van der Waals surface area (Å²) >= 11 is 0. The van der Waals surface area contributed by atoms with Gasteiger partial charge in [-0.05, 0) is 42.8 Å². The van der Waals surface area contributed by atoms with Gasteiger partial charge in [0.1, 0.15) is 0 Å². The molecule has 108 valence electrons. The maximum atomic E-state index is 12.0. The minimum atomic E-state index is -0.149. The molecule has 0 aliphatic carbocycles. The molecular weight excluding hydrogens is 272 g/mol. The first-order chi connectivity index (χ1) is 10.7. The maximum Gasteiger partial charge on any atom is 0.248 e. The number of pyridine rings is 1. The quantitative estimate of drug-likeness (QED) is 0.734. The largest absolute Gasteiger partial charge is 0.322 e. The third-order valence-corrected chi connectivity index (χ3v) is 3.38. The molecule has 0 atom stereocenters. The second kappa shape index (κ2) is 6.22. The average molecular weight is 288 g/mol. The number of hydrogen-bond acceptors (Lipinski definition) is 2. The highest BCUT2D eigenvalue weighted by molar-refractivity contribution is 6.02. The van der Waals surface area contributed by atoms with E-state index in [1.165, 1.54) is 11.6 Å². The zero-order valence-corrected chi connectivity index (χ0v) is 12.3. The molecule has 22 heavy (non-hydrogen) atoms. The van der Waals surface area contributed by atoms with Crippen LogP contribution in [0, 0.1) is 6.92 Å². The number of nitrogens with zero attached hydrogens (tertiary/aromatic N) is 1. The number of carbonyl (C=O) groups excluding carboxylic acids is 1. The number of aryl methyl sites for hydroxylation is 1. The highest BCUT2D eigenvalue weighted by Gasteiger charge is 2.00. The molecule has 0 saturated carbocycles. The second-order valence-electron chi connectivity index (χ2n) is 5.14. The summed E-state index contributed by atoms with van der Waals surface area (Å²) in [6.45, 7) is 2.04. The van der Waals surface area contributed by atoms with Crippen LogP contribution >= 0.6 is 0 Å². The molecule has 0 saturated heterocycles. The van der Waals surface area contributed by atoms with Crippen LogP contribution in [-0.4, -0.2) is 10.9 Å². The number of nitrogens with one attached hydrogen (secondary N) is 1.